The van der Waals surface area contributed by atoms with E-state index < -0.39 is 19.8 Å². The van der Waals surface area contributed by atoms with Crippen LogP contribution in [0.3, 0.4) is 0 Å². The van der Waals surface area contributed by atoms with Crippen molar-refractivity contribution in [2.24, 2.45) is 5.73 Å². The third-order valence-corrected chi connectivity index (χ3v) is 2.32. The van der Waals surface area contributed by atoms with Crippen molar-refractivity contribution in [2.75, 3.05) is 0 Å². The maximum atomic E-state index is 11.1. The fraction of sp³-hybridized carbons (Fsp3) is 0.222. The number of carbonyl (C=O) groups is 1. The Hall–Kier alpha value is -1.40. The predicted molar refractivity (Wildman–Crippen MR) is 57.9 cm³/mol. The van der Waals surface area contributed by atoms with Crippen LogP contribution < -0.4 is 5.73 Å². The number of phosphoric ester groups is 1. The SMILES string of the molecule is N[C@@H](Cc1ccc(O)cc1)C(=O)OP(=O)(O)O. The van der Waals surface area contributed by atoms with Gasteiger partial charge in [-0.25, -0.2) is 9.36 Å². The minimum atomic E-state index is -4.86. The molecule has 0 amide bonds. The number of hydrogen-bond donors (Lipinski definition) is 4. The van der Waals surface area contributed by atoms with Gasteiger partial charge in [-0.3, -0.25) is 9.79 Å². The summed E-state index contributed by atoms with van der Waals surface area (Å²) in [4.78, 5) is 28.0. The Morgan fingerprint density at radius 3 is 2.35 bits per heavy atom. The topological polar surface area (TPSA) is 130 Å². The van der Waals surface area contributed by atoms with Crippen LogP contribution in [0.2, 0.25) is 0 Å². The molecule has 0 aliphatic rings. The van der Waals surface area contributed by atoms with E-state index in [-0.39, 0.29) is 12.2 Å². The second-order valence-corrected chi connectivity index (χ2v) is 4.54. The van der Waals surface area contributed by atoms with Crippen LogP contribution in [0.25, 0.3) is 0 Å². The molecule has 0 fully saturated rings. The lowest BCUT2D eigenvalue weighted by Gasteiger charge is -2.11. The number of phosphoric acid groups is 1. The van der Waals surface area contributed by atoms with Gasteiger partial charge in [0.25, 0.3) is 0 Å². The highest BCUT2D eigenvalue weighted by atomic mass is 31.2. The molecule has 1 atom stereocenters. The Kier molecular flexibility index (Phi) is 4.25. The van der Waals surface area contributed by atoms with Gasteiger partial charge in [0, 0.05) is 0 Å². The van der Waals surface area contributed by atoms with Gasteiger partial charge in [-0.15, -0.1) is 0 Å². The van der Waals surface area contributed by atoms with E-state index in [9.17, 15) is 9.36 Å². The minimum absolute atomic E-state index is 0.0547. The molecule has 0 aromatic heterocycles. The van der Waals surface area contributed by atoms with E-state index in [1.165, 1.54) is 12.1 Å². The van der Waals surface area contributed by atoms with Gasteiger partial charge in [0.2, 0.25) is 0 Å². The molecule has 1 aromatic rings. The first kappa shape index (κ1) is 13.7. The maximum absolute atomic E-state index is 11.1. The van der Waals surface area contributed by atoms with Crippen LogP contribution in [-0.2, 0) is 20.3 Å². The van der Waals surface area contributed by atoms with E-state index in [4.69, 9.17) is 20.6 Å². The van der Waals surface area contributed by atoms with Crippen molar-refractivity contribution in [1.82, 2.24) is 0 Å². The summed E-state index contributed by atoms with van der Waals surface area (Å²) >= 11 is 0. The molecule has 94 valence electrons. The van der Waals surface area contributed by atoms with Gasteiger partial charge in [-0.1, -0.05) is 12.1 Å². The predicted octanol–water partition coefficient (Wildman–Crippen LogP) is -0.102. The van der Waals surface area contributed by atoms with Crippen molar-refractivity contribution in [2.45, 2.75) is 12.5 Å². The molecular formula is C9H12NO6P. The molecule has 1 aromatic carbocycles. The number of aromatic hydroxyl groups is 1. The van der Waals surface area contributed by atoms with Gasteiger partial charge in [0.1, 0.15) is 11.8 Å². The molecular weight excluding hydrogens is 249 g/mol. The number of hydrogen-bond acceptors (Lipinski definition) is 5. The minimum Gasteiger partial charge on any atom is -0.508 e. The molecule has 0 saturated heterocycles. The first-order valence-corrected chi connectivity index (χ1v) is 6.13. The van der Waals surface area contributed by atoms with Crippen LogP contribution in [0.1, 0.15) is 5.56 Å². The average molecular weight is 261 g/mol. The zero-order valence-electron chi connectivity index (χ0n) is 8.68. The van der Waals surface area contributed by atoms with Gasteiger partial charge in [0.15, 0.2) is 0 Å². The van der Waals surface area contributed by atoms with Crippen molar-refractivity contribution < 1.29 is 28.8 Å². The number of phenols is 1. The van der Waals surface area contributed by atoms with E-state index in [1.807, 2.05) is 0 Å². The summed E-state index contributed by atoms with van der Waals surface area (Å²) in [6.07, 6.45) is 0.0547. The fourth-order valence-corrected chi connectivity index (χ4v) is 1.52. The van der Waals surface area contributed by atoms with E-state index >= 15 is 0 Å². The van der Waals surface area contributed by atoms with Crippen molar-refractivity contribution in [3.05, 3.63) is 29.8 Å². The van der Waals surface area contributed by atoms with Gasteiger partial charge < -0.3 is 15.4 Å². The Morgan fingerprint density at radius 1 is 1.35 bits per heavy atom. The second kappa shape index (κ2) is 5.29. The summed E-state index contributed by atoms with van der Waals surface area (Å²) in [6.45, 7) is 0. The van der Waals surface area contributed by atoms with E-state index in [0.29, 0.717) is 5.56 Å². The first-order valence-electron chi connectivity index (χ1n) is 4.60. The molecule has 8 heteroatoms. The summed E-state index contributed by atoms with van der Waals surface area (Å²) in [5.41, 5.74) is 6.05. The molecule has 7 nitrogen and oxygen atoms in total. The number of phenolic OH excluding ortho intramolecular Hbond substituents is 1. The summed E-state index contributed by atoms with van der Waals surface area (Å²) in [6, 6.07) is 4.74. The van der Waals surface area contributed by atoms with Crippen LogP contribution in [-0.4, -0.2) is 26.9 Å². The second-order valence-electron chi connectivity index (χ2n) is 3.38. The summed E-state index contributed by atoms with van der Waals surface area (Å²) in [7, 11) is -4.86. The third-order valence-electron chi connectivity index (χ3n) is 1.90. The molecule has 0 aliphatic carbocycles. The van der Waals surface area contributed by atoms with E-state index in [1.54, 1.807) is 12.1 Å². The van der Waals surface area contributed by atoms with Crippen LogP contribution in [0.15, 0.2) is 24.3 Å². The van der Waals surface area contributed by atoms with Gasteiger partial charge in [-0.2, -0.15) is 0 Å². The highest BCUT2D eigenvalue weighted by molar-refractivity contribution is 7.46. The quantitative estimate of drug-likeness (QED) is 0.556. The molecule has 0 bridgehead atoms. The van der Waals surface area contributed by atoms with Crippen molar-refractivity contribution in [3.8, 4) is 5.75 Å². The van der Waals surface area contributed by atoms with Crippen molar-refractivity contribution in [3.63, 3.8) is 0 Å². The van der Waals surface area contributed by atoms with Crippen LogP contribution in [0.5, 0.6) is 5.75 Å². The molecule has 0 saturated carbocycles. The van der Waals surface area contributed by atoms with E-state index in [2.05, 4.69) is 4.52 Å². The molecule has 0 unspecified atom stereocenters. The number of rotatable bonds is 4. The molecule has 0 spiro atoms. The standard InChI is InChI=1S/C9H12NO6P/c10-8(9(12)16-17(13,14)15)5-6-1-3-7(11)4-2-6/h1-4,8,11H,5,10H2,(H2,13,14,15)/t8-/m0/s1. The Labute approximate surface area is 97.1 Å². The van der Waals surface area contributed by atoms with Gasteiger partial charge in [0.05, 0.1) is 0 Å². The molecule has 17 heavy (non-hydrogen) atoms. The molecule has 1 rings (SSSR count). The average Bonchev–Trinajstić information content (AvgIpc) is 2.19. The van der Waals surface area contributed by atoms with Gasteiger partial charge >= 0.3 is 13.8 Å². The summed E-state index contributed by atoms with van der Waals surface area (Å²) < 4.78 is 14.3. The van der Waals surface area contributed by atoms with Crippen LogP contribution in [0.4, 0.5) is 0 Å². The van der Waals surface area contributed by atoms with E-state index in [0.717, 1.165) is 0 Å². The third kappa shape index (κ3) is 4.97. The van der Waals surface area contributed by atoms with Crippen LogP contribution in [0, 0.1) is 0 Å². The number of nitrogens with two attached hydrogens (primary N) is 1. The molecule has 0 heterocycles. The molecule has 5 N–H and O–H groups in total. The van der Waals surface area contributed by atoms with Crippen molar-refractivity contribution in [1.29, 1.82) is 0 Å². The summed E-state index contributed by atoms with van der Waals surface area (Å²) in [5, 5.41) is 9.03. The monoisotopic (exact) mass is 261 g/mol. The lowest BCUT2D eigenvalue weighted by Crippen LogP contribution is -2.33. The number of benzene rings is 1. The smallest absolute Gasteiger partial charge is 0.508 e. The highest BCUT2D eigenvalue weighted by Crippen LogP contribution is 2.36. The first-order chi connectivity index (χ1) is 7.78. The normalized spacial score (nSPS) is 13.1. The Balaban J connectivity index is 2.60. The Morgan fingerprint density at radius 2 is 1.88 bits per heavy atom. The lowest BCUT2D eigenvalue weighted by atomic mass is 10.1. The Bertz CT molecular complexity index is 439. The summed E-state index contributed by atoms with van der Waals surface area (Å²) in [5.74, 6) is -1.11. The maximum Gasteiger partial charge on any atom is 0.527 e. The zero-order valence-corrected chi connectivity index (χ0v) is 9.58. The zero-order chi connectivity index (χ0) is 13.1. The highest BCUT2D eigenvalue weighted by Gasteiger charge is 2.25. The number of carbonyl (C=O) groups excluding carboxylic acids is 1. The molecule has 0 radical (unpaired) electrons. The molecule has 0 aliphatic heterocycles. The largest absolute Gasteiger partial charge is 0.527 e. The van der Waals surface area contributed by atoms with Crippen molar-refractivity contribution >= 4 is 13.8 Å². The van der Waals surface area contributed by atoms with Gasteiger partial charge in [-0.05, 0) is 24.1 Å². The lowest BCUT2D eigenvalue weighted by molar-refractivity contribution is -0.137. The fourth-order valence-electron chi connectivity index (χ4n) is 1.15. The van der Waals surface area contributed by atoms with Crippen LogP contribution >= 0.6 is 7.82 Å².